The first-order valence-electron chi connectivity index (χ1n) is 5.96. The number of rotatable bonds is 2. The summed E-state index contributed by atoms with van der Waals surface area (Å²) in [6, 6.07) is 7.76. The molecule has 0 aliphatic rings. The van der Waals surface area contributed by atoms with Crippen molar-refractivity contribution in [2.24, 2.45) is 0 Å². The van der Waals surface area contributed by atoms with Gasteiger partial charge in [0.2, 0.25) is 0 Å². The third kappa shape index (κ3) is 2.70. The number of nitrogens with zero attached hydrogens (tertiary/aromatic N) is 2. The topological polar surface area (TPSA) is 63.8 Å². The average molecular weight is 323 g/mol. The number of hydrogen-bond acceptors (Lipinski definition) is 4. The summed E-state index contributed by atoms with van der Waals surface area (Å²) < 4.78 is 13.9. The minimum absolute atomic E-state index is 0.150. The SMILES string of the molecule is Nc1ccc2ncnc(Nc3cc(Cl)c(Cl)cc3F)c2c1. The molecule has 0 unspecified atom stereocenters. The first-order valence-corrected chi connectivity index (χ1v) is 6.72. The summed E-state index contributed by atoms with van der Waals surface area (Å²) in [7, 11) is 0. The fourth-order valence-corrected chi connectivity index (χ4v) is 2.23. The van der Waals surface area contributed by atoms with Crippen molar-refractivity contribution in [2.75, 3.05) is 11.1 Å². The molecular weight excluding hydrogens is 314 g/mol. The molecule has 1 aromatic heterocycles. The number of nitrogens with one attached hydrogen (secondary N) is 1. The molecule has 0 fully saturated rings. The van der Waals surface area contributed by atoms with Crippen LogP contribution < -0.4 is 11.1 Å². The molecule has 0 radical (unpaired) electrons. The second-order valence-corrected chi connectivity index (χ2v) is 5.18. The van der Waals surface area contributed by atoms with Crippen molar-refractivity contribution < 1.29 is 4.39 Å². The van der Waals surface area contributed by atoms with E-state index in [0.29, 0.717) is 22.4 Å². The molecule has 3 rings (SSSR count). The molecule has 106 valence electrons. The van der Waals surface area contributed by atoms with Crippen molar-refractivity contribution in [1.29, 1.82) is 0 Å². The molecule has 3 N–H and O–H groups in total. The van der Waals surface area contributed by atoms with E-state index in [2.05, 4.69) is 15.3 Å². The minimum atomic E-state index is -0.528. The number of hydrogen-bond donors (Lipinski definition) is 2. The molecule has 0 spiro atoms. The monoisotopic (exact) mass is 322 g/mol. The van der Waals surface area contributed by atoms with E-state index in [1.54, 1.807) is 18.2 Å². The predicted molar refractivity (Wildman–Crippen MR) is 83.7 cm³/mol. The lowest BCUT2D eigenvalue weighted by molar-refractivity contribution is 0.632. The van der Waals surface area contributed by atoms with Gasteiger partial charge in [-0.25, -0.2) is 14.4 Å². The number of anilines is 3. The second-order valence-electron chi connectivity index (χ2n) is 4.37. The van der Waals surface area contributed by atoms with Crippen LogP contribution in [0.25, 0.3) is 10.9 Å². The third-order valence-corrected chi connectivity index (χ3v) is 3.64. The van der Waals surface area contributed by atoms with E-state index in [-0.39, 0.29) is 15.7 Å². The van der Waals surface area contributed by atoms with Crippen LogP contribution in [0.4, 0.5) is 21.6 Å². The van der Waals surface area contributed by atoms with Gasteiger partial charge in [-0.3, -0.25) is 0 Å². The van der Waals surface area contributed by atoms with Crippen molar-refractivity contribution >= 4 is 51.3 Å². The lowest BCUT2D eigenvalue weighted by Gasteiger charge is -2.10. The van der Waals surface area contributed by atoms with Gasteiger partial charge in [0.25, 0.3) is 0 Å². The van der Waals surface area contributed by atoms with Crippen molar-refractivity contribution in [3.8, 4) is 0 Å². The number of benzene rings is 2. The van der Waals surface area contributed by atoms with Gasteiger partial charge in [0, 0.05) is 11.1 Å². The number of halogens is 3. The largest absolute Gasteiger partial charge is 0.399 e. The fraction of sp³-hybridized carbons (Fsp3) is 0. The van der Waals surface area contributed by atoms with Crippen LogP contribution in [0.2, 0.25) is 10.0 Å². The molecule has 0 bridgehead atoms. The molecule has 7 heteroatoms. The molecule has 0 aliphatic carbocycles. The second kappa shape index (κ2) is 5.35. The molecule has 2 aromatic carbocycles. The summed E-state index contributed by atoms with van der Waals surface area (Å²) in [6.45, 7) is 0. The van der Waals surface area contributed by atoms with Crippen LogP contribution >= 0.6 is 23.2 Å². The Kier molecular flexibility index (Phi) is 3.53. The van der Waals surface area contributed by atoms with Crippen molar-refractivity contribution in [3.05, 3.63) is 52.5 Å². The van der Waals surface area contributed by atoms with Gasteiger partial charge in [-0.15, -0.1) is 0 Å². The summed E-state index contributed by atoms with van der Waals surface area (Å²) in [5.74, 6) is -0.0929. The Hall–Kier alpha value is -2.11. The molecule has 3 aromatic rings. The number of fused-ring (bicyclic) bond motifs is 1. The molecule has 0 saturated heterocycles. The Morgan fingerprint density at radius 1 is 1.05 bits per heavy atom. The van der Waals surface area contributed by atoms with Gasteiger partial charge in [-0.05, 0) is 30.3 Å². The first-order chi connectivity index (χ1) is 10.0. The molecule has 1 heterocycles. The molecule has 0 saturated carbocycles. The van der Waals surface area contributed by atoms with E-state index in [0.717, 1.165) is 6.07 Å². The Balaban J connectivity index is 2.10. The summed E-state index contributed by atoms with van der Waals surface area (Å²) in [5.41, 5.74) is 7.20. The van der Waals surface area contributed by atoms with Gasteiger partial charge < -0.3 is 11.1 Å². The van der Waals surface area contributed by atoms with Crippen molar-refractivity contribution in [1.82, 2.24) is 9.97 Å². The van der Waals surface area contributed by atoms with Gasteiger partial charge in [-0.1, -0.05) is 23.2 Å². The van der Waals surface area contributed by atoms with E-state index in [4.69, 9.17) is 28.9 Å². The predicted octanol–water partition coefficient (Wildman–Crippen LogP) is 4.40. The van der Waals surface area contributed by atoms with Crippen LogP contribution in [-0.4, -0.2) is 9.97 Å². The first kappa shape index (κ1) is 13.9. The summed E-state index contributed by atoms with van der Waals surface area (Å²) in [6.07, 6.45) is 1.39. The zero-order valence-corrected chi connectivity index (χ0v) is 12.1. The zero-order valence-electron chi connectivity index (χ0n) is 10.6. The maximum atomic E-state index is 13.9. The fourth-order valence-electron chi connectivity index (χ4n) is 1.92. The van der Waals surface area contributed by atoms with Gasteiger partial charge >= 0.3 is 0 Å². The number of aromatic nitrogens is 2. The smallest absolute Gasteiger partial charge is 0.148 e. The number of nitrogen functional groups attached to an aromatic ring is 1. The standard InChI is InChI=1S/C14H9Cl2FN4/c15-9-4-11(17)13(5-10(9)16)21-14-8-3-7(18)1-2-12(8)19-6-20-14/h1-6H,18H2,(H,19,20,21). The van der Waals surface area contributed by atoms with Crippen LogP contribution in [0.5, 0.6) is 0 Å². The average Bonchev–Trinajstić information content (AvgIpc) is 2.45. The van der Waals surface area contributed by atoms with Crippen LogP contribution in [0.15, 0.2) is 36.7 Å². The Morgan fingerprint density at radius 2 is 1.81 bits per heavy atom. The lowest BCUT2D eigenvalue weighted by Crippen LogP contribution is -1.99. The van der Waals surface area contributed by atoms with E-state index in [1.165, 1.54) is 12.4 Å². The Morgan fingerprint density at radius 3 is 2.62 bits per heavy atom. The molecule has 4 nitrogen and oxygen atoms in total. The quantitative estimate of drug-likeness (QED) is 0.542. The maximum absolute atomic E-state index is 13.9. The highest BCUT2D eigenvalue weighted by atomic mass is 35.5. The minimum Gasteiger partial charge on any atom is -0.399 e. The van der Waals surface area contributed by atoms with Gasteiger partial charge in [-0.2, -0.15) is 0 Å². The molecule has 0 atom stereocenters. The van der Waals surface area contributed by atoms with Crippen molar-refractivity contribution in [2.45, 2.75) is 0 Å². The Labute approximate surface area is 129 Å². The lowest BCUT2D eigenvalue weighted by atomic mass is 10.2. The highest BCUT2D eigenvalue weighted by Gasteiger charge is 2.10. The third-order valence-electron chi connectivity index (χ3n) is 2.92. The van der Waals surface area contributed by atoms with E-state index < -0.39 is 5.82 Å². The molecule has 0 amide bonds. The summed E-state index contributed by atoms with van der Waals surface area (Å²) in [5, 5.41) is 3.97. The van der Waals surface area contributed by atoms with E-state index in [1.807, 2.05) is 0 Å². The van der Waals surface area contributed by atoms with Crippen LogP contribution in [0.1, 0.15) is 0 Å². The normalized spacial score (nSPS) is 10.8. The van der Waals surface area contributed by atoms with Crippen LogP contribution in [0.3, 0.4) is 0 Å². The highest BCUT2D eigenvalue weighted by molar-refractivity contribution is 6.42. The number of nitrogens with two attached hydrogens (primary N) is 1. The molecule has 0 aliphatic heterocycles. The highest BCUT2D eigenvalue weighted by Crippen LogP contribution is 2.31. The summed E-state index contributed by atoms with van der Waals surface area (Å²) in [4.78, 5) is 8.25. The van der Waals surface area contributed by atoms with Crippen molar-refractivity contribution in [3.63, 3.8) is 0 Å². The molecular formula is C14H9Cl2FN4. The molecule has 21 heavy (non-hydrogen) atoms. The maximum Gasteiger partial charge on any atom is 0.148 e. The Bertz CT molecular complexity index is 839. The van der Waals surface area contributed by atoms with Gasteiger partial charge in [0.15, 0.2) is 0 Å². The van der Waals surface area contributed by atoms with Crippen LogP contribution in [0, 0.1) is 5.82 Å². The van der Waals surface area contributed by atoms with Gasteiger partial charge in [0.1, 0.15) is 18.0 Å². The van der Waals surface area contributed by atoms with Crippen LogP contribution in [-0.2, 0) is 0 Å². The van der Waals surface area contributed by atoms with E-state index >= 15 is 0 Å². The van der Waals surface area contributed by atoms with E-state index in [9.17, 15) is 4.39 Å². The zero-order chi connectivity index (χ0) is 15.0. The van der Waals surface area contributed by atoms with Gasteiger partial charge in [0.05, 0.1) is 21.2 Å². The summed E-state index contributed by atoms with van der Waals surface area (Å²) >= 11 is 11.7.